The molecule has 156 valence electrons. The number of likely N-dealkylation sites (N-methyl/N-ethyl adjacent to an activating group) is 1. The van der Waals surface area contributed by atoms with Crippen molar-refractivity contribution in [1.82, 2.24) is 29.6 Å². The van der Waals surface area contributed by atoms with Crippen molar-refractivity contribution < 1.29 is 9.13 Å². The smallest absolute Gasteiger partial charge is 0.166 e. The Kier molecular flexibility index (Phi) is 4.91. The first-order valence-electron chi connectivity index (χ1n) is 10.0. The van der Waals surface area contributed by atoms with Crippen LogP contribution in [0.25, 0.3) is 28.5 Å². The van der Waals surface area contributed by atoms with Gasteiger partial charge in [0.1, 0.15) is 11.6 Å². The number of rotatable bonds is 4. The number of aromatic nitrogens is 5. The fraction of sp³-hybridized carbons (Fsp3) is 0.217. The summed E-state index contributed by atoms with van der Waals surface area (Å²) in [6, 6.07) is 10.5. The van der Waals surface area contributed by atoms with E-state index < -0.39 is 5.82 Å². The molecule has 8 heteroatoms. The predicted molar refractivity (Wildman–Crippen MR) is 114 cm³/mol. The number of ether oxygens (including phenoxy) is 1. The third kappa shape index (κ3) is 3.66. The molecule has 0 unspecified atom stereocenters. The summed E-state index contributed by atoms with van der Waals surface area (Å²) in [7, 11) is 3.61. The Morgan fingerprint density at radius 2 is 2.00 bits per heavy atom. The molecule has 3 aromatic heterocycles. The van der Waals surface area contributed by atoms with Gasteiger partial charge in [-0.05, 0) is 36.9 Å². The normalized spacial score (nSPS) is 13.8. The average Bonchev–Trinajstić information content (AvgIpc) is 3.29. The standard InChI is InChI=1S/C23H21FN6O/c1-29-11-9-19-15(13-29)6-7-21(27-19)30-14-16(12-26-30)18-8-10-25-23(28-18)22-17(24)4-3-5-20(22)31-2/h3-8,10,12,14H,9,11,13H2,1-2H3. The summed E-state index contributed by atoms with van der Waals surface area (Å²) in [5.74, 6) is 0.976. The number of fused-ring (bicyclic) bond motifs is 1. The van der Waals surface area contributed by atoms with Crippen LogP contribution in [-0.2, 0) is 13.0 Å². The van der Waals surface area contributed by atoms with Crippen LogP contribution in [0.2, 0.25) is 0 Å². The van der Waals surface area contributed by atoms with Gasteiger partial charge in [0.25, 0.3) is 0 Å². The first kappa shape index (κ1) is 19.3. The Morgan fingerprint density at radius 3 is 2.87 bits per heavy atom. The highest BCUT2D eigenvalue weighted by Crippen LogP contribution is 2.31. The maximum Gasteiger partial charge on any atom is 0.166 e. The summed E-state index contributed by atoms with van der Waals surface area (Å²) >= 11 is 0. The molecule has 0 radical (unpaired) electrons. The van der Waals surface area contributed by atoms with E-state index >= 15 is 0 Å². The lowest BCUT2D eigenvalue weighted by Crippen LogP contribution is -2.27. The minimum absolute atomic E-state index is 0.237. The van der Waals surface area contributed by atoms with Gasteiger partial charge in [-0.3, -0.25) is 0 Å². The van der Waals surface area contributed by atoms with Crippen LogP contribution >= 0.6 is 0 Å². The van der Waals surface area contributed by atoms with Gasteiger partial charge < -0.3 is 9.64 Å². The van der Waals surface area contributed by atoms with Crippen LogP contribution in [0.5, 0.6) is 5.75 Å². The maximum absolute atomic E-state index is 14.5. The van der Waals surface area contributed by atoms with Crippen LogP contribution in [-0.4, -0.2) is 50.3 Å². The third-order valence-corrected chi connectivity index (χ3v) is 5.41. The SMILES string of the molecule is COc1cccc(F)c1-c1nccc(-c2cnn(-c3ccc4c(n3)CCN(C)C4)c2)n1. The Bertz CT molecular complexity index is 1250. The molecule has 0 amide bonds. The Balaban J connectivity index is 1.48. The first-order valence-corrected chi connectivity index (χ1v) is 10.0. The van der Waals surface area contributed by atoms with Gasteiger partial charge in [-0.1, -0.05) is 12.1 Å². The highest BCUT2D eigenvalue weighted by Gasteiger charge is 2.17. The van der Waals surface area contributed by atoms with Crippen LogP contribution in [0, 0.1) is 5.82 Å². The molecule has 0 fully saturated rings. The molecule has 31 heavy (non-hydrogen) atoms. The van der Waals surface area contributed by atoms with Crippen molar-refractivity contribution in [3.8, 4) is 34.2 Å². The van der Waals surface area contributed by atoms with E-state index in [-0.39, 0.29) is 11.4 Å². The summed E-state index contributed by atoms with van der Waals surface area (Å²) in [4.78, 5) is 15.9. The van der Waals surface area contributed by atoms with Gasteiger partial charge in [0.05, 0.1) is 24.6 Å². The average molecular weight is 416 g/mol. The van der Waals surface area contributed by atoms with Crippen molar-refractivity contribution in [2.45, 2.75) is 13.0 Å². The second-order valence-corrected chi connectivity index (χ2v) is 7.52. The largest absolute Gasteiger partial charge is 0.496 e. The van der Waals surface area contributed by atoms with E-state index in [1.165, 1.54) is 18.7 Å². The molecule has 1 aromatic carbocycles. The van der Waals surface area contributed by atoms with E-state index in [9.17, 15) is 4.39 Å². The second-order valence-electron chi connectivity index (χ2n) is 7.52. The molecule has 1 aliphatic rings. The number of pyridine rings is 1. The van der Waals surface area contributed by atoms with E-state index in [4.69, 9.17) is 9.72 Å². The summed E-state index contributed by atoms with van der Waals surface area (Å²) in [5, 5.41) is 4.46. The van der Waals surface area contributed by atoms with Crippen LogP contribution in [0.1, 0.15) is 11.3 Å². The molecule has 0 saturated heterocycles. The summed E-state index contributed by atoms with van der Waals surface area (Å²) in [6.45, 7) is 1.91. The number of methoxy groups -OCH3 is 1. The van der Waals surface area contributed by atoms with Crippen molar-refractivity contribution in [3.63, 3.8) is 0 Å². The zero-order valence-corrected chi connectivity index (χ0v) is 17.3. The summed E-state index contributed by atoms with van der Waals surface area (Å²) in [5.41, 5.74) is 4.03. The molecule has 7 nitrogen and oxygen atoms in total. The fourth-order valence-electron chi connectivity index (χ4n) is 3.79. The number of benzene rings is 1. The molecule has 0 N–H and O–H groups in total. The summed E-state index contributed by atoms with van der Waals surface area (Å²) in [6.07, 6.45) is 6.12. The van der Waals surface area contributed by atoms with E-state index in [0.29, 0.717) is 11.4 Å². The van der Waals surface area contributed by atoms with Gasteiger partial charge in [-0.2, -0.15) is 5.10 Å². The number of hydrogen-bond donors (Lipinski definition) is 0. The van der Waals surface area contributed by atoms with Gasteiger partial charge in [0.15, 0.2) is 11.6 Å². The summed E-state index contributed by atoms with van der Waals surface area (Å²) < 4.78 is 21.5. The van der Waals surface area contributed by atoms with Gasteiger partial charge >= 0.3 is 0 Å². The lowest BCUT2D eigenvalue weighted by Gasteiger charge is -2.24. The highest BCUT2D eigenvalue weighted by atomic mass is 19.1. The molecule has 4 aromatic rings. The van der Waals surface area contributed by atoms with Crippen LogP contribution in [0.15, 0.2) is 55.0 Å². The topological polar surface area (TPSA) is 69.0 Å². The molecule has 0 atom stereocenters. The number of halogens is 1. The number of nitrogens with zero attached hydrogens (tertiary/aromatic N) is 6. The predicted octanol–water partition coefficient (Wildman–Crippen LogP) is 3.53. The minimum Gasteiger partial charge on any atom is -0.496 e. The molecule has 0 spiro atoms. The van der Waals surface area contributed by atoms with Gasteiger partial charge in [-0.15, -0.1) is 0 Å². The molecule has 4 heterocycles. The van der Waals surface area contributed by atoms with Crippen molar-refractivity contribution in [2.75, 3.05) is 20.7 Å². The van der Waals surface area contributed by atoms with E-state index in [2.05, 4.69) is 33.1 Å². The zero-order valence-electron chi connectivity index (χ0n) is 17.3. The number of hydrogen-bond acceptors (Lipinski definition) is 6. The first-order chi connectivity index (χ1) is 15.1. The van der Waals surface area contributed by atoms with Crippen molar-refractivity contribution >= 4 is 0 Å². The van der Waals surface area contributed by atoms with E-state index in [1.807, 2.05) is 12.3 Å². The maximum atomic E-state index is 14.5. The quantitative estimate of drug-likeness (QED) is 0.507. The van der Waals surface area contributed by atoms with Gasteiger partial charge in [0.2, 0.25) is 0 Å². The van der Waals surface area contributed by atoms with Crippen LogP contribution < -0.4 is 4.74 Å². The third-order valence-electron chi connectivity index (χ3n) is 5.41. The van der Waals surface area contributed by atoms with Crippen molar-refractivity contribution in [3.05, 3.63) is 72.1 Å². The van der Waals surface area contributed by atoms with Crippen molar-refractivity contribution in [1.29, 1.82) is 0 Å². The molecule has 5 rings (SSSR count). The van der Waals surface area contributed by atoms with Gasteiger partial charge in [-0.25, -0.2) is 24.0 Å². The molecule has 1 aliphatic heterocycles. The van der Waals surface area contributed by atoms with Crippen molar-refractivity contribution in [2.24, 2.45) is 0 Å². The fourth-order valence-corrected chi connectivity index (χ4v) is 3.79. The van der Waals surface area contributed by atoms with E-state index in [1.54, 1.807) is 35.3 Å². The van der Waals surface area contributed by atoms with Crippen LogP contribution in [0.3, 0.4) is 0 Å². The molecular formula is C23H21FN6O. The monoisotopic (exact) mass is 416 g/mol. The Morgan fingerprint density at radius 1 is 1.10 bits per heavy atom. The highest BCUT2D eigenvalue weighted by molar-refractivity contribution is 5.68. The van der Waals surface area contributed by atoms with Gasteiger partial charge in [0, 0.05) is 43.2 Å². The Hall–Kier alpha value is -3.65. The second kappa shape index (κ2) is 7.88. The lowest BCUT2D eigenvalue weighted by molar-refractivity contribution is 0.310. The zero-order chi connectivity index (χ0) is 21.4. The molecule has 0 aliphatic carbocycles. The Labute approximate surface area is 179 Å². The molecule has 0 bridgehead atoms. The minimum atomic E-state index is -0.434. The lowest BCUT2D eigenvalue weighted by atomic mass is 10.1. The van der Waals surface area contributed by atoms with Crippen LogP contribution in [0.4, 0.5) is 4.39 Å². The molecular weight excluding hydrogens is 395 g/mol. The van der Waals surface area contributed by atoms with E-state index in [0.717, 1.165) is 36.6 Å². The molecule has 0 saturated carbocycles.